The van der Waals surface area contributed by atoms with Crippen LogP contribution in [0.2, 0.25) is 0 Å². The monoisotopic (exact) mass is 143 g/mol. The molecule has 0 bridgehead atoms. The van der Waals surface area contributed by atoms with Crippen molar-refractivity contribution in [3.63, 3.8) is 0 Å². The Labute approximate surface area is 60.7 Å². The van der Waals surface area contributed by atoms with E-state index < -0.39 is 0 Å². The van der Waals surface area contributed by atoms with Crippen LogP contribution in [-0.4, -0.2) is 6.72 Å². The molecule has 0 aliphatic heterocycles. The molecule has 0 spiro atoms. The first-order valence-corrected chi connectivity index (χ1v) is 3.06. The maximum Gasteiger partial charge on any atom is 0.131 e. The predicted octanol–water partition coefficient (Wildman–Crippen LogP) is 2.73. The Morgan fingerprint density at radius 1 is 1.67 bits per heavy atom. The van der Waals surface area contributed by atoms with Gasteiger partial charge in [0.1, 0.15) is 5.16 Å². The fraction of sp³-hybridized carbons (Fsp3) is 0.286. The second-order valence-corrected chi connectivity index (χ2v) is 1.99. The van der Waals surface area contributed by atoms with Gasteiger partial charge in [-0.1, -0.05) is 23.8 Å². The molecule has 1 nitrogen and oxygen atoms in total. The molecule has 0 aromatic rings. The maximum absolute atomic E-state index is 5.59. The second-order valence-electron chi connectivity index (χ2n) is 1.63. The van der Waals surface area contributed by atoms with Gasteiger partial charge in [0.2, 0.25) is 0 Å². The standard InChI is InChI=1S/C7H10ClN/c1-4-5-6(2)7(8)9-3/h4-5H,3H2,1-2H3. The van der Waals surface area contributed by atoms with Crippen molar-refractivity contribution in [1.82, 2.24) is 0 Å². The maximum atomic E-state index is 5.59. The third-order valence-corrected chi connectivity index (χ3v) is 1.30. The predicted molar refractivity (Wildman–Crippen MR) is 42.9 cm³/mol. The van der Waals surface area contributed by atoms with E-state index in [0.29, 0.717) is 5.16 Å². The van der Waals surface area contributed by atoms with Gasteiger partial charge in [-0.25, -0.2) is 0 Å². The lowest BCUT2D eigenvalue weighted by atomic mass is 10.3. The van der Waals surface area contributed by atoms with Crippen molar-refractivity contribution in [2.24, 2.45) is 4.99 Å². The lowest BCUT2D eigenvalue weighted by Crippen LogP contribution is -1.70. The Kier molecular flexibility index (Phi) is 4.06. The van der Waals surface area contributed by atoms with Gasteiger partial charge < -0.3 is 0 Å². The lowest BCUT2D eigenvalue weighted by molar-refractivity contribution is 1.39. The summed E-state index contributed by atoms with van der Waals surface area (Å²) in [4.78, 5) is 3.55. The molecule has 0 atom stereocenters. The highest BCUT2D eigenvalue weighted by Crippen LogP contribution is 2.09. The molecule has 0 saturated carbocycles. The summed E-state index contributed by atoms with van der Waals surface area (Å²) in [6.07, 6.45) is 3.79. The number of allylic oxidation sites excluding steroid dienone is 3. The Bertz CT molecular complexity index is 156. The van der Waals surface area contributed by atoms with Crippen LogP contribution < -0.4 is 0 Å². The van der Waals surface area contributed by atoms with Crippen LogP contribution in [0.3, 0.4) is 0 Å². The summed E-state index contributed by atoms with van der Waals surface area (Å²) in [5.41, 5.74) is 0.939. The van der Waals surface area contributed by atoms with E-state index in [1.54, 1.807) is 0 Å². The summed E-state index contributed by atoms with van der Waals surface area (Å²) in [5, 5.41) is 0.466. The second kappa shape index (κ2) is 4.33. The largest absolute Gasteiger partial charge is 0.252 e. The third-order valence-electron chi connectivity index (χ3n) is 0.881. The fourth-order valence-electron chi connectivity index (χ4n) is 0.443. The van der Waals surface area contributed by atoms with E-state index in [1.165, 1.54) is 0 Å². The molecule has 2 heteroatoms. The Balaban J connectivity index is 4.27. The summed E-state index contributed by atoms with van der Waals surface area (Å²) in [5.74, 6) is 0. The van der Waals surface area contributed by atoms with Crippen molar-refractivity contribution < 1.29 is 0 Å². The molecule has 0 unspecified atom stereocenters. The molecule has 0 saturated heterocycles. The van der Waals surface area contributed by atoms with Crippen LogP contribution in [0.4, 0.5) is 0 Å². The zero-order valence-corrected chi connectivity index (χ0v) is 6.44. The molecule has 50 valence electrons. The number of halogens is 1. The van der Waals surface area contributed by atoms with E-state index in [4.69, 9.17) is 11.6 Å². The first-order chi connectivity index (χ1) is 4.22. The first kappa shape index (κ1) is 8.44. The molecule has 0 N–H and O–H groups in total. The Hall–Kier alpha value is -0.560. The zero-order chi connectivity index (χ0) is 7.28. The van der Waals surface area contributed by atoms with Crippen molar-refractivity contribution in [1.29, 1.82) is 0 Å². The van der Waals surface area contributed by atoms with Crippen LogP contribution in [0, 0.1) is 0 Å². The van der Waals surface area contributed by atoms with Crippen molar-refractivity contribution in [3.05, 3.63) is 22.9 Å². The average molecular weight is 144 g/mol. The number of hydrogen-bond acceptors (Lipinski definition) is 1. The summed E-state index contributed by atoms with van der Waals surface area (Å²) in [6, 6.07) is 0. The summed E-state index contributed by atoms with van der Waals surface area (Å²) < 4.78 is 0. The molecule has 0 radical (unpaired) electrons. The first-order valence-electron chi connectivity index (χ1n) is 2.68. The smallest absolute Gasteiger partial charge is 0.131 e. The van der Waals surface area contributed by atoms with E-state index in [0.717, 1.165) is 5.57 Å². The zero-order valence-electron chi connectivity index (χ0n) is 5.69. The van der Waals surface area contributed by atoms with Crippen molar-refractivity contribution in [2.45, 2.75) is 13.8 Å². The van der Waals surface area contributed by atoms with Gasteiger partial charge in [-0.05, 0) is 26.1 Å². The minimum atomic E-state index is 0.466. The number of rotatable bonds is 2. The van der Waals surface area contributed by atoms with Crippen molar-refractivity contribution in [3.8, 4) is 0 Å². The topological polar surface area (TPSA) is 12.4 Å². The van der Waals surface area contributed by atoms with E-state index in [9.17, 15) is 0 Å². The summed E-state index contributed by atoms with van der Waals surface area (Å²) in [7, 11) is 0. The normalized spacial score (nSPS) is 13.7. The van der Waals surface area contributed by atoms with Crippen LogP contribution in [0.15, 0.2) is 27.9 Å². The van der Waals surface area contributed by atoms with Gasteiger partial charge in [-0.2, -0.15) is 0 Å². The van der Waals surface area contributed by atoms with Gasteiger partial charge >= 0.3 is 0 Å². The van der Waals surface area contributed by atoms with E-state index in [1.807, 2.05) is 26.0 Å². The molecule has 0 aromatic heterocycles. The van der Waals surface area contributed by atoms with Crippen LogP contribution >= 0.6 is 11.6 Å². The molecular formula is C7H10ClN. The van der Waals surface area contributed by atoms with Crippen molar-refractivity contribution >= 4 is 18.3 Å². The molecule has 0 aliphatic rings. The number of aliphatic imine (C=N–C) groups is 1. The molecular weight excluding hydrogens is 134 g/mol. The van der Waals surface area contributed by atoms with E-state index >= 15 is 0 Å². The molecule has 0 aromatic carbocycles. The van der Waals surface area contributed by atoms with Crippen LogP contribution in [-0.2, 0) is 0 Å². The van der Waals surface area contributed by atoms with Crippen LogP contribution in [0.5, 0.6) is 0 Å². The third kappa shape index (κ3) is 3.09. The fourth-order valence-corrected chi connectivity index (χ4v) is 0.506. The SMILES string of the molecule is C=NC(Cl)=C(C)C=CC. The van der Waals surface area contributed by atoms with Gasteiger partial charge in [0.15, 0.2) is 0 Å². The van der Waals surface area contributed by atoms with Crippen LogP contribution in [0.1, 0.15) is 13.8 Å². The average Bonchev–Trinajstić information content (AvgIpc) is 1.87. The number of hydrogen-bond donors (Lipinski definition) is 0. The van der Waals surface area contributed by atoms with Gasteiger partial charge in [-0.3, -0.25) is 4.99 Å². The molecule has 0 rings (SSSR count). The Morgan fingerprint density at radius 2 is 2.22 bits per heavy atom. The van der Waals surface area contributed by atoms with Gasteiger partial charge in [-0.15, -0.1) is 0 Å². The van der Waals surface area contributed by atoms with Crippen LogP contribution in [0.25, 0.3) is 0 Å². The van der Waals surface area contributed by atoms with Gasteiger partial charge in [0, 0.05) is 0 Å². The highest BCUT2D eigenvalue weighted by molar-refractivity contribution is 6.30. The molecule has 0 amide bonds. The molecule has 0 fully saturated rings. The van der Waals surface area contributed by atoms with Gasteiger partial charge in [0.25, 0.3) is 0 Å². The summed E-state index contributed by atoms with van der Waals surface area (Å²) >= 11 is 5.59. The molecule has 0 aliphatic carbocycles. The minimum absolute atomic E-state index is 0.466. The van der Waals surface area contributed by atoms with E-state index in [2.05, 4.69) is 11.7 Å². The van der Waals surface area contributed by atoms with Crippen molar-refractivity contribution in [2.75, 3.05) is 0 Å². The quantitative estimate of drug-likeness (QED) is 0.320. The summed E-state index contributed by atoms with van der Waals surface area (Å²) in [6.45, 7) is 7.10. The minimum Gasteiger partial charge on any atom is -0.252 e. The Morgan fingerprint density at radius 3 is 2.56 bits per heavy atom. The van der Waals surface area contributed by atoms with E-state index in [-0.39, 0.29) is 0 Å². The highest BCUT2D eigenvalue weighted by atomic mass is 35.5. The highest BCUT2D eigenvalue weighted by Gasteiger charge is 1.88. The lowest BCUT2D eigenvalue weighted by Gasteiger charge is -1.90. The number of nitrogens with zero attached hydrogens (tertiary/aromatic N) is 1. The molecule has 9 heavy (non-hydrogen) atoms. The van der Waals surface area contributed by atoms with Gasteiger partial charge in [0.05, 0.1) is 0 Å². The molecule has 0 heterocycles.